The molecule has 33 heavy (non-hydrogen) atoms. The summed E-state index contributed by atoms with van der Waals surface area (Å²) < 4.78 is 7.25. The predicted octanol–water partition coefficient (Wildman–Crippen LogP) is 3.02. The molecular formula is C22H25ClN6O3S. The van der Waals surface area contributed by atoms with Gasteiger partial charge in [0, 0.05) is 60.1 Å². The normalized spacial score (nSPS) is 13.8. The number of amides is 1. The molecule has 2 aromatic heterocycles. The van der Waals surface area contributed by atoms with Gasteiger partial charge < -0.3 is 19.5 Å². The first kappa shape index (κ1) is 23.3. The quantitative estimate of drug-likeness (QED) is 0.526. The lowest BCUT2D eigenvalue weighted by Gasteiger charge is -2.27. The fourth-order valence-corrected chi connectivity index (χ4v) is 4.55. The van der Waals surface area contributed by atoms with Crippen LogP contribution >= 0.6 is 23.4 Å². The third-order valence-electron chi connectivity index (χ3n) is 5.32. The first-order chi connectivity index (χ1) is 15.9. The molecule has 4 rings (SSSR count). The zero-order valence-corrected chi connectivity index (χ0v) is 20.0. The number of nitrogens with one attached hydrogen (secondary N) is 2. The number of morpholine rings is 1. The van der Waals surface area contributed by atoms with Crippen molar-refractivity contribution in [2.45, 2.75) is 29.8 Å². The highest BCUT2D eigenvalue weighted by Crippen LogP contribution is 2.34. The second-order valence-electron chi connectivity index (χ2n) is 7.66. The first-order valence-corrected chi connectivity index (χ1v) is 11.8. The summed E-state index contributed by atoms with van der Waals surface area (Å²) in [5.41, 5.74) is 1.52. The average Bonchev–Trinajstić information content (AvgIpc) is 3.20. The predicted molar refractivity (Wildman–Crippen MR) is 128 cm³/mol. The molecule has 2 N–H and O–H groups in total. The summed E-state index contributed by atoms with van der Waals surface area (Å²) in [7, 11) is 1.90. The van der Waals surface area contributed by atoms with Crippen molar-refractivity contribution in [3.63, 3.8) is 0 Å². The molecule has 3 heterocycles. The van der Waals surface area contributed by atoms with Crippen molar-refractivity contribution >= 4 is 40.9 Å². The molecule has 1 aliphatic heterocycles. The van der Waals surface area contributed by atoms with Gasteiger partial charge in [0.1, 0.15) is 0 Å². The van der Waals surface area contributed by atoms with Crippen LogP contribution in [0.5, 0.6) is 0 Å². The molecule has 1 fully saturated rings. The van der Waals surface area contributed by atoms with Gasteiger partial charge in [-0.2, -0.15) is 0 Å². The topological polar surface area (TPSA) is 105 Å². The number of anilines is 2. The maximum Gasteiger partial charge on any atom is 0.255 e. The minimum atomic E-state index is -0.217. The summed E-state index contributed by atoms with van der Waals surface area (Å²) in [5, 5.41) is 4.23. The largest absolute Gasteiger partial charge is 0.378 e. The molecule has 0 radical (unpaired) electrons. The number of aromatic amines is 1. The molecule has 9 nitrogen and oxygen atoms in total. The summed E-state index contributed by atoms with van der Waals surface area (Å²) in [4.78, 5) is 39.9. The van der Waals surface area contributed by atoms with Crippen LogP contribution in [-0.4, -0.2) is 51.7 Å². The number of imidazole rings is 1. The zero-order chi connectivity index (χ0) is 23.4. The molecule has 1 aromatic carbocycles. The summed E-state index contributed by atoms with van der Waals surface area (Å²) in [6.45, 7) is 4.37. The van der Waals surface area contributed by atoms with Crippen molar-refractivity contribution in [1.82, 2.24) is 19.5 Å². The van der Waals surface area contributed by atoms with E-state index in [1.807, 2.05) is 28.8 Å². The van der Waals surface area contributed by atoms with E-state index in [0.717, 1.165) is 10.1 Å². The van der Waals surface area contributed by atoms with Crippen molar-refractivity contribution < 1.29 is 9.53 Å². The molecule has 0 atom stereocenters. The molecule has 1 saturated heterocycles. The van der Waals surface area contributed by atoms with Crippen LogP contribution < -0.4 is 15.8 Å². The van der Waals surface area contributed by atoms with Crippen LogP contribution in [0.2, 0.25) is 5.02 Å². The fraction of sp³-hybridized carbons (Fsp3) is 0.364. The molecular weight excluding hydrogens is 464 g/mol. The second kappa shape index (κ2) is 10.4. The summed E-state index contributed by atoms with van der Waals surface area (Å²) in [6, 6.07) is 5.33. The lowest BCUT2D eigenvalue weighted by Crippen LogP contribution is -2.38. The van der Waals surface area contributed by atoms with E-state index in [9.17, 15) is 9.59 Å². The van der Waals surface area contributed by atoms with Gasteiger partial charge in [-0.05, 0) is 43.3 Å². The number of hydrogen-bond acceptors (Lipinski definition) is 7. The van der Waals surface area contributed by atoms with Gasteiger partial charge in [-0.25, -0.2) is 9.97 Å². The number of H-pyrrole nitrogens is 1. The van der Waals surface area contributed by atoms with Crippen LogP contribution in [0.15, 0.2) is 45.4 Å². The van der Waals surface area contributed by atoms with E-state index in [4.69, 9.17) is 16.3 Å². The van der Waals surface area contributed by atoms with Crippen molar-refractivity contribution in [3.05, 3.63) is 57.2 Å². The minimum absolute atomic E-state index is 0.140. The molecule has 11 heteroatoms. The lowest BCUT2D eigenvalue weighted by atomic mass is 10.1. The van der Waals surface area contributed by atoms with E-state index in [1.54, 1.807) is 25.3 Å². The molecule has 0 unspecified atom stereocenters. The summed E-state index contributed by atoms with van der Waals surface area (Å²) in [6.07, 6.45) is 4.00. The maximum absolute atomic E-state index is 12.7. The number of carbonyl (C=O) groups excluding carboxylic acids is 1. The van der Waals surface area contributed by atoms with Crippen LogP contribution in [0, 0.1) is 6.92 Å². The van der Waals surface area contributed by atoms with Gasteiger partial charge in [-0.1, -0.05) is 11.6 Å². The maximum atomic E-state index is 12.7. The van der Waals surface area contributed by atoms with Gasteiger partial charge in [-0.3, -0.25) is 14.6 Å². The number of aromatic nitrogens is 4. The Bertz CT molecular complexity index is 1210. The first-order valence-electron chi connectivity index (χ1n) is 10.6. The van der Waals surface area contributed by atoms with E-state index >= 15 is 0 Å². The molecule has 1 amide bonds. The Balaban J connectivity index is 1.43. The number of rotatable bonds is 7. The lowest BCUT2D eigenvalue weighted by molar-refractivity contribution is -0.116. The SMILES string of the molecule is Cc1nc(N2CCOCC2)[nH]c(=O)c1CCC(=O)Nc1cc(Cl)ccc1Sc1nccn1C. The molecule has 3 aromatic rings. The van der Waals surface area contributed by atoms with Gasteiger partial charge in [0.15, 0.2) is 5.16 Å². The molecule has 0 spiro atoms. The van der Waals surface area contributed by atoms with E-state index in [0.29, 0.717) is 54.2 Å². The average molecular weight is 489 g/mol. The van der Waals surface area contributed by atoms with Crippen LogP contribution in [0.25, 0.3) is 0 Å². The molecule has 0 aliphatic carbocycles. The molecule has 0 saturated carbocycles. The zero-order valence-electron chi connectivity index (χ0n) is 18.4. The highest BCUT2D eigenvalue weighted by atomic mass is 35.5. The van der Waals surface area contributed by atoms with E-state index in [-0.39, 0.29) is 24.3 Å². The van der Waals surface area contributed by atoms with E-state index < -0.39 is 0 Å². The van der Waals surface area contributed by atoms with Crippen LogP contribution in [-0.2, 0) is 23.0 Å². The Morgan fingerprint density at radius 2 is 2.12 bits per heavy atom. The monoisotopic (exact) mass is 488 g/mol. The number of ether oxygens (including phenoxy) is 1. The second-order valence-corrected chi connectivity index (χ2v) is 9.11. The number of benzene rings is 1. The van der Waals surface area contributed by atoms with Gasteiger partial charge in [0.05, 0.1) is 18.9 Å². The van der Waals surface area contributed by atoms with Gasteiger partial charge in [-0.15, -0.1) is 0 Å². The highest BCUT2D eigenvalue weighted by molar-refractivity contribution is 7.99. The Labute approximate surface area is 200 Å². The van der Waals surface area contributed by atoms with E-state index in [1.165, 1.54) is 11.8 Å². The van der Waals surface area contributed by atoms with Gasteiger partial charge in [0.25, 0.3) is 5.56 Å². The Morgan fingerprint density at radius 1 is 1.33 bits per heavy atom. The number of halogens is 1. The van der Waals surface area contributed by atoms with E-state index in [2.05, 4.69) is 20.3 Å². The molecule has 1 aliphatic rings. The Kier molecular flexibility index (Phi) is 7.36. The smallest absolute Gasteiger partial charge is 0.255 e. The minimum Gasteiger partial charge on any atom is -0.378 e. The van der Waals surface area contributed by atoms with Crippen molar-refractivity contribution in [3.8, 4) is 0 Å². The molecule has 0 bridgehead atoms. The Morgan fingerprint density at radius 3 is 2.82 bits per heavy atom. The summed E-state index contributed by atoms with van der Waals surface area (Å²) >= 11 is 7.59. The third-order valence-corrected chi connectivity index (χ3v) is 6.70. The summed E-state index contributed by atoms with van der Waals surface area (Å²) in [5.74, 6) is 0.332. The number of nitrogens with zero attached hydrogens (tertiary/aromatic N) is 4. The van der Waals surface area contributed by atoms with Crippen LogP contribution in [0.1, 0.15) is 17.7 Å². The third kappa shape index (κ3) is 5.76. The number of hydrogen-bond donors (Lipinski definition) is 2. The highest BCUT2D eigenvalue weighted by Gasteiger charge is 2.17. The fourth-order valence-electron chi connectivity index (χ4n) is 3.50. The van der Waals surface area contributed by atoms with Crippen LogP contribution in [0.4, 0.5) is 11.6 Å². The number of carbonyl (C=O) groups is 1. The Hall–Kier alpha value is -2.82. The number of aryl methyl sites for hydroxylation is 2. The van der Waals surface area contributed by atoms with Gasteiger partial charge >= 0.3 is 0 Å². The molecule has 174 valence electrons. The van der Waals surface area contributed by atoms with Crippen LogP contribution in [0.3, 0.4) is 0 Å². The van der Waals surface area contributed by atoms with Crippen molar-refractivity contribution in [2.24, 2.45) is 7.05 Å². The standard InChI is InChI=1S/C22H25ClN6O3S/c1-14-16(20(31)27-21(25-14)29-9-11-32-12-10-29)4-6-19(30)26-17-13-15(23)3-5-18(17)33-22-24-7-8-28(22)2/h3,5,7-8,13H,4,6,9-12H2,1-2H3,(H,26,30)(H,25,27,31). The van der Waals surface area contributed by atoms with Gasteiger partial charge in [0.2, 0.25) is 11.9 Å². The van der Waals surface area contributed by atoms with Crippen molar-refractivity contribution in [2.75, 3.05) is 36.5 Å². The van der Waals surface area contributed by atoms with Crippen molar-refractivity contribution in [1.29, 1.82) is 0 Å².